The molecule has 29 heavy (non-hydrogen) atoms. The van der Waals surface area contributed by atoms with Gasteiger partial charge in [-0.15, -0.1) is 10.2 Å². The topological polar surface area (TPSA) is 74.5 Å². The minimum Gasteiger partial charge on any atom is -0.425 e. The second-order valence-electron chi connectivity index (χ2n) is 7.69. The molecule has 0 fully saturated rings. The lowest BCUT2D eigenvalue weighted by Gasteiger charge is -2.14. The van der Waals surface area contributed by atoms with Crippen molar-refractivity contribution in [3.05, 3.63) is 11.8 Å². The zero-order valence-corrected chi connectivity index (χ0v) is 19.9. The van der Waals surface area contributed by atoms with Crippen molar-refractivity contribution >= 4 is 7.60 Å². The Bertz CT molecular complexity index is 541. The maximum Gasteiger partial charge on any atom is 0.339 e. The van der Waals surface area contributed by atoms with E-state index in [2.05, 4.69) is 17.1 Å². The Morgan fingerprint density at radius 2 is 1.14 bits per heavy atom. The zero-order valence-electron chi connectivity index (χ0n) is 19.0. The van der Waals surface area contributed by atoms with Gasteiger partial charge in [0, 0.05) is 6.42 Å². The third-order valence-electron chi connectivity index (χ3n) is 4.98. The molecule has 0 aliphatic rings. The van der Waals surface area contributed by atoms with Crippen LogP contribution in [0.15, 0.2) is 4.42 Å². The highest BCUT2D eigenvalue weighted by Crippen LogP contribution is 2.50. The Morgan fingerprint density at radius 3 is 1.62 bits per heavy atom. The van der Waals surface area contributed by atoms with Gasteiger partial charge in [0.25, 0.3) is 0 Å². The number of unbranched alkanes of at least 4 members (excludes halogenated alkanes) is 12. The molecule has 1 aromatic heterocycles. The molecule has 1 rings (SSSR count). The van der Waals surface area contributed by atoms with E-state index in [9.17, 15) is 4.57 Å². The Balaban J connectivity index is 2.05. The Labute approximate surface area is 178 Å². The summed E-state index contributed by atoms with van der Waals surface area (Å²) in [6, 6.07) is 0. The first-order valence-electron chi connectivity index (χ1n) is 11.8. The van der Waals surface area contributed by atoms with E-state index < -0.39 is 7.60 Å². The molecule has 7 heteroatoms. The second-order valence-corrected chi connectivity index (χ2v) is 9.74. The average molecular weight is 431 g/mol. The molecule has 0 radical (unpaired) electrons. The molecule has 0 N–H and O–H groups in total. The number of aromatic nitrogens is 2. The number of hydrogen-bond donors (Lipinski definition) is 0. The Kier molecular flexibility index (Phi) is 15.5. The number of hydrogen-bond acceptors (Lipinski definition) is 6. The van der Waals surface area contributed by atoms with Crippen LogP contribution in [0.4, 0.5) is 0 Å². The Hall–Kier alpha value is -0.710. The summed E-state index contributed by atoms with van der Waals surface area (Å²) in [7, 11) is -3.18. The first kappa shape index (κ1) is 26.3. The van der Waals surface area contributed by atoms with Crippen molar-refractivity contribution in [2.45, 2.75) is 117 Å². The summed E-state index contributed by atoms with van der Waals surface area (Å²) in [5.41, 5.74) is 0. The summed E-state index contributed by atoms with van der Waals surface area (Å²) < 4.78 is 28.7. The predicted molar refractivity (Wildman–Crippen MR) is 118 cm³/mol. The lowest BCUT2D eigenvalue weighted by molar-refractivity contribution is 0.216. The molecule has 1 heterocycles. The van der Waals surface area contributed by atoms with Crippen LogP contribution in [0.1, 0.15) is 116 Å². The lowest BCUT2D eigenvalue weighted by Crippen LogP contribution is -1.99. The lowest BCUT2D eigenvalue weighted by atomic mass is 10.0. The standard InChI is InChI=1S/C22H43N2O4P/c1-4-7-8-9-10-11-12-13-14-15-16-17-18-19-21-23-24-22(28-21)20-29(25,26-5-2)27-6-3/h4-20H2,1-3H3. The fourth-order valence-electron chi connectivity index (χ4n) is 3.43. The van der Waals surface area contributed by atoms with Crippen LogP contribution in [-0.2, 0) is 26.2 Å². The van der Waals surface area contributed by atoms with E-state index >= 15 is 0 Å². The largest absolute Gasteiger partial charge is 0.425 e. The normalized spacial score (nSPS) is 12.0. The molecule has 0 aliphatic heterocycles. The van der Waals surface area contributed by atoms with Gasteiger partial charge >= 0.3 is 7.60 Å². The van der Waals surface area contributed by atoms with Gasteiger partial charge in [-0.3, -0.25) is 4.57 Å². The minimum absolute atomic E-state index is 0.0419. The first-order chi connectivity index (χ1) is 14.1. The quantitative estimate of drug-likeness (QED) is 0.158. The third-order valence-corrected chi connectivity index (χ3v) is 6.94. The van der Waals surface area contributed by atoms with Crippen LogP contribution in [-0.4, -0.2) is 23.4 Å². The average Bonchev–Trinajstić information content (AvgIpc) is 3.12. The van der Waals surface area contributed by atoms with E-state index in [1.807, 2.05) is 0 Å². The van der Waals surface area contributed by atoms with Gasteiger partial charge < -0.3 is 13.5 Å². The van der Waals surface area contributed by atoms with Gasteiger partial charge in [0.2, 0.25) is 11.8 Å². The molecular weight excluding hydrogens is 387 g/mol. The van der Waals surface area contributed by atoms with Gasteiger partial charge in [0.1, 0.15) is 6.16 Å². The highest BCUT2D eigenvalue weighted by atomic mass is 31.2. The summed E-state index contributed by atoms with van der Waals surface area (Å²) >= 11 is 0. The van der Waals surface area contributed by atoms with E-state index in [0.29, 0.717) is 25.0 Å². The molecule has 0 spiro atoms. The summed E-state index contributed by atoms with van der Waals surface area (Å²) in [5.74, 6) is 0.947. The molecular formula is C22H43N2O4P. The highest BCUT2D eigenvalue weighted by molar-refractivity contribution is 7.52. The summed E-state index contributed by atoms with van der Waals surface area (Å²) in [4.78, 5) is 0. The van der Waals surface area contributed by atoms with Gasteiger partial charge in [0.15, 0.2) is 0 Å². The molecule has 0 atom stereocenters. The van der Waals surface area contributed by atoms with E-state index in [0.717, 1.165) is 12.8 Å². The Morgan fingerprint density at radius 1 is 0.690 bits per heavy atom. The molecule has 0 aromatic carbocycles. The van der Waals surface area contributed by atoms with Crippen molar-refractivity contribution in [3.8, 4) is 0 Å². The third kappa shape index (κ3) is 13.3. The van der Waals surface area contributed by atoms with Crippen molar-refractivity contribution in [2.24, 2.45) is 0 Å². The summed E-state index contributed by atoms with van der Waals surface area (Å²) in [6.45, 7) is 6.51. The van der Waals surface area contributed by atoms with Crippen LogP contribution < -0.4 is 0 Å². The molecule has 0 saturated carbocycles. The second kappa shape index (κ2) is 17.0. The molecule has 0 bridgehead atoms. The monoisotopic (exact) mass is 430 g/mol. The minimum atomic E-state index is -3.18. The summed E-state index contributed by atoms with van der Waals surface area (Å²) in [6.07, 6.45) is 18.1. The first-order valence-corrected chi connectivity index (χ1v) is 13.6. The van der Waals surface area contributed by atoms with Crippen LogP contribution in [0.5, 0.6) is 0 Å². The van der Waals surface area contributed by atoms with Gasteiger partial charge in [-0.2, -0.15) is 0 Å². The molecule has 0 aliphatic carbocycles. The maximum atomic E-state index is 12.5. The van der Waals surface area contributed by atoms with Crippen LogP contribution in [0.25, 0.3) is 0 Å². The SMILES string of the molecule is CCCCCCCCCCCCCCCc1nnc(CP(=O)(OCC)OCC)o1. The fraction of sp³-hybridized carbons (Fsp3) is 0.909. The number of rotatable bonds is 20. The number of nitrogens with zero attached hydrogens (tertiary/aromatic N) is 2. The van der Waals surface area contributed by atoms with E-state index in [-0.39, 0.29) is 6.16 Å². The van der Waals surface area contributed by atoms with E-state index in [1.165, 1.54) is 77.0 Å². The van der Waals surface area contributed by atoms with Crippen molar-refractivity contribution in [1.29, 1.82) is 0 Å². The van der Waals surface area contributed by atoms with Crippen molar-refractivity contribution in [3.63, 3.8) is 0 Å². The van der Waals surface area contributed by atoms with Crippen LogP contribution in [0, 0.1) is 0 Å². The highest BCUT2D eigenvalue weighted by Gasteiger charge is 2.27. The van der Waals surface area contributed by atoms with Crippen LogP contribution in [0.2, 0.25) is 0 Å². The molecule has 1 aromatic rings. The van der Waals surface area contributed by atoms with Gasteiger partial charge in [0.05, 0.1) is 13.2 Å². The van der Waals surface area contributed by atoms with Crippen LogP contribution >= 0.6 is 7.60 Å². The number of aryl methyl sites for hydroxylation is 1. The van der Waals surface area contributed by atoms with Gasteiger partial charge in [-0.05, 0) is 20.3 Å². The van der Waals surface area contributed by atoms with Gasteiger partial charge in [-0.25, -0.2) is 0 Å². The zero-order chi connectivity index (χ0) is 21.2. The van der Waals surface area contributed by atoms with Crippen molar-refractivity contribution < 1.29 is 18.0 Å². The molecule has 0 unspecified atom stereocenters. The molecule has 170 valence electrons. The van der Waals surface area contributed by atoms with E-state index in [4.69, 9.17) is 13.5 Å². The predicted octanol–water partition coefficient (Wildman–Crippen LogP) is 7.47. The molecule has 6 nitrogen and oxygen atoms in total. The van der Waals surface area contributed by atoms with Gasteiger partial charge in [-0.1, -0.05) is 84.0 Å². The fourth-order valence-corrected chi connectivity index (χ4v) is 4.94. The van der Waals surface area contributed by atoms with Crippen LogP contribution in [0.3, 0.4) is 0 Å². The molecule has 0 saturated heterocycles. The smallest absolute Gasteiger partial charge is 0.339 e. The van der Waals surface area contributed by atoms with Crippen molar-refractivity contribution in [2.75, 3.05) is 13.2 Å². The van der Waals surface area contributed by atoms with Crippen molar-refractivity contribution in [1.82, 2.24) is 10.2 Å². The maximum absolute atomic E-state index is 12.5. The summed E-state index contributed by atoms with van der Waals surface area (Å²) in [5, 5.41) is 8.06. The molecule has 0 amide bonds. The van der Waals surface area contributed by atoms with E-state index in [1.54, 1.807) is 13.8 Å².